The summed E-state index contributed by atoms with van der Waals surface area (Å²) in [6.07, 6.45) is 0. The molecule has 3 aromatic carbocycles. The number of nitrogens with one attached hydrogen (secondary N) is 1. The van der Waals surface area contributed by atoms with Gasteiger partial charge < -0.3 is 5.32 Å². The summed E-state index contributed by atoms with van der Waals surface area (Å²) in [6.45, 7) is 0. The Balaban J connectivity index is 1.51. The molecule has 29 heavy (non-hydrogen) atoms. The Kier molecular flexibility index (Phi) is 5.12. The normalized spacial score (nSPS) is 11.5. The second-order valence-corrected chi connectivity index (χ2v) is 9.35. The number of para-hydroxylation sites is 1. The van der Waals surface area contributed by atoms with Gasteiger partial charge in [0.1, 0.15) is 16.6 Å². The zero-order valence-corrected chi connectivity index (χ0v) is 16.6. The third kappa shape index (κ3) is 4.33. The van der Waals surface area contributed by atoms with Crippen LogP contribution in [0.5, 0.6) is 0 Å². The number of anilines is 1. The van der Waals surface area contributed by atoms with Crippen molar-refractivity contribution in [1.82, 2.24) is 4.98 Å². The van der Waals surface area contributed by atoms with E-state index in [2.05, 4.69) is 10.3 Å². The topological polar surface area (TPSA) is 76.1 Å². The molecule has 1 amide bonds. The molecule has 4 rings (SSSR count). The average Bonchev–Trinajstić information content (AvgIpc) is 3.12. The minimum atomic E-state index is -3.86. The average molecular weight is 426 g/mol. The SMILES string of the molecule is O=C(CS(=O)(=O)c1ccc(F)cc1)Nc1cccc(-c2nc3ccccc3s2)c1. The first-order valence-corrected chi connectivity index (χ1v) is 11.1. The van der Waals surface area contributed by atoms with Crippen LogP contribution in [0.1, 0.15) is 0 Å². The molecule has 0 fully saturated rings. The second-order valence-electron chi connectivity index (χ2n) is 6.33. The number of fused-ring (bicyclic) bond motifs is 1. The quantitative estimate of drug-likeness (QED) is 0.476. The molecule has 1 heterocycles. The summed E-state index contributed by atoms with van der Waals surface area (Å²) >= 11 is 1.54. The minimum Gasteiger partial charge on any atom is -0.325 e. The Morgan fingerprint density at radius 2 is 1.76 bits per heavy atom. The van der Waals surface area contributed by atoms with Crippen LogP contribution in [-0.2, 0) is 14.6 Å². The molecular formula is C21H15FN2O3S2. The summed E-state index contributed by atoms with van der Waals surface area (Å²) in [5, 5.41) is 3.41. The molecule has 0 saturated heterocycles. The molecule has 0 aliphatic heterocycles. The van der Waals surface area contributed by atoms with Crippen molar-refractivity contribution in [2.45, 2.75) is 4.90 Å². The van der Waals surface area contributed by atoms with Crippen LogP contribution in [0.25, 0.3) is 20.8 Å². The molecule has 0 spiro atoms. The van der Waals surface area contributed by atoms with Crippen molar-refractivity contribution >= 4 is 43.0 Å². The third-order valence-electron chi connectivity index (χ3n) is 4.18. The predicted octanol–water partition coefficient (Wildman–Crippen LogP) is 4.51. The van der Waals surface area contributed by atoms with E-state index in [4.69, 9.17) is 0 Å². The van der Waals surface area contributed by atoms with E-state index >= 15 is 0 Å². The smallest absolute Gasteiger partial charge is 0.239 e. The van der Waals surface area contributed by atoms with Crippen molar-refractivity contribution < 1.29 is 17.6 Å². The molecule has 0 unspecified atom stereocenters. The second kappa shape index (κ2) is 7.73. The van der Waals surface area contributed by atoms with Crippen molar-refractivity contribution in [2.24, 2.45) is 0 Å². The number of hydrogen-bond donors (Lipinski definition) is 1. The standard InChI is InChI=1S/C21H15FN2O3S2/c22-15-8-10-17(11-9-15)29(26,27)13-20(25)23-16-5-3-4-14(12-16)21-24-18-6-1-2-7-19(18)28-21/h1-12H,13H2,(H,23,25). The van der Waals surface area contributed by atoms with Gasteiger partial charge in [0.05, 0.1) is 15.1 Å². The fourth-order valence-electron chi connectivity index (χ4n) is 2.82. The van der Waals surface area contributed by atoms with Gasteiger partial charge in [-0.25, -0.2) is 17.8 Å². The molecule has 0 atom stereocenters. The van der Waals surface area contributed by atoms with Gasteiger partial charge in [0.25, 0.3) is 0 Å². The van der Waals surface area contributed by atoms with Crippen LogP contribution in [0.4, 0.5) is 10.1 Å². The highest BCUT2D eigenvalue weighted by molar-refractivity contribution is 7.92. The molecule has 1 N–H and O–H groups in total. The van der Waals surface area contributed by atoms with E-state index < -0.39 is 27.3 Å². The first kappa shape index (κ1) is 19.2. The number of halogens is 1. The fraction of sp³-hybridized carbons (Fsp3) is 0.0476. The van der Waals surface area contributed by atoms with Gasteiger partial charge in [-0.1, -0.05) is 24.3 Å². The highest BCUT2D eigenvalue weighted by Gasteiger charge is 2.19. The molecule has 0 saturated carbocycles. The monoisotopic (exact) mass is 426 g/mol. The van der Waals surface area contributed by atoms with Gasteiger partial charge >= 0.3 is 0 Å². The Bertz CT molecular complexity index is 1270. The number of hydrogen-bond acceptors (Lipinski definition) is 5. The molecule has 0 aliphatic carbocycles. The highest BCUT2D eigenvalue weighted by atomic mass is 32.2. The molecule has 5 nitrogen and oxygen atoms in total. The zero-order chi connectivity index (χ0) is 20.4. The van der Waals surface area contributed by atoms with Gasteiger partial charge in [-0.3, -0.25) is 4.79 Å². The molecule has 0 bridgehead atoms. The maximum Gasteiger partial charge on any atom is 0.239 e. The zero-order valence-electron chi connectivity index (χ0n) is 15.0. The van der Waals surface area contributed by atoms with Crippen LogP contribution >= 0.6 is 11.3 Å². The van der Waals surface area contributed by atoms with Crippen LogP contribution < -0.4 is 5.32 Å². The lowest BCUT2D eigenvalue weighted by Gasteiger charge is -2.07. The van der Waals surface area contributed by atoms with E-state index in [-0.39, 0.29) is 4.90 Å². The number of carbonyl (C=O) groups is 1. The first-order chi connectivity index (χ1) is 13.9. The number of sulfone groups is 1. The molecule has 0 aliphatic rings. The molecule has 8 heteroatoms. The van der Waals surface area contributed by atoms with Gasteiger partial charge in [-0.05, 0) is 48.5 Å². The Labute approximate surface area is 170 Å². The maximum atomic E-state index is 13.0. The van der Waals surface area contributed by atoms with E-state index in [1.54, 1.807) is 18.2 Å². The minimum absolute atomic E-state index is 0.0997. The fourth-order valence-corrected chi connectivity index (χ4v) is 4.92. The van der Waals surface area contributed by atoms with Crippen molar-refractivity contribution in [2.75, 3.05) is 11.1 Å². The Morgan fingerprint density at radius 1 is 1.00 bits per heavy atom. The molecule has 1 aromatic heterocycles. The maximum absolute atomic E-state index is 13.0. The van der Waals surface area contributed by atoms with Gasteiger partial charge in [0, 0.05) is 11.3 Å². The van der Waals surface area contributed by atoms with Crippen LogP contribution in [0.15, 0.2) is 77.7 Å². The summed E-state index contributed by atoms with van der Waals surface area (Å²) < 4.78 is 38.7. The van der Waals surface area contributed by atoms with Gasteiger partial charge in [-0.15, -0.1) is 11.3 Å². The van der Waals surface area contributed by atoms with Crippen LogP contribution in [0, 0.1) is 5.82 Å². The van der Waals surface area contributed by atoms with Gasteiger partial charge in [-0.2, -0.15) is 0 Å². The van der Waals surface area contributed by atoms with Gasteiger partial charge in [0.15, 0.2) is 9.84 Å². The van der Waals surface area contributed by atoms with E-state index in [1.165, 1.54) is 11.3 Å². The molecule has 146 valence electrons. The molecule has 4 aromatic rings. The predicted molar refractivity (Wildman–Crippen MR) is 112 cm³/mol. The Hall–Kier alpha value is -3.10. The summed E-state index contributed by atoms with van der Waals surface area (Å²) in [7, 11) is -3.86. The van der Waals surface area contributed by atoms with Crippen molar-refractivity contribution in [3.63, 3.8) is 0 Å². The van der Waals surface area contributed by atoms with Crippen molar-refractivity contribution in [3.05, 3.63) is 78.6 Å². The lowest BCUT2D eigenvalue weighted by atomic mass is 10.2. The number of amides is 1. The van der Waals surface area contributed by atoms with Crippen LogP contribution in [-0.4, -0.2) is 25.1 Å². The third-order valence-corrected chi connectivity index (χ3v) is 6.90. The Morgan fingerprint density at radius 3 is 2.52 bits per heavy atom. The lowest BCUT2D eigenvalue weighted by molar-refractivity contribution is -0.113. The highest BCUT2D eigenvalue weighted by Crippen LogP contribution is 2.31. The molecule has 0 radical (unpaired) electrons. The summed E-state index contributed by atoms with van der Waals surface area (Å²) in [5.74, 6) is -1.94. The largest absolute Gasteiger partial charge is 0.325 e. The summed E-state index contributed by atoms with van der Waals surface area (Å²) in [5.41, 5.74) is 2.19. The number of rotatable bonds is 5. The lowest BCUT2D eigenvalue weighted by Crippen LogP contribution is -2.23. The molecular weight excluding hydrogens is 411 g/mol. The van der Waals surface area contributed by atoms with Crippen molar-refractivity contribution in [1.29, 1.82) is 0 Å². The number of carbonyl (C=O) groups excluding carboxylic acids is 1. The summed E-state index contributed by atoms with van der Waals surface area (Å²) in [6, 6.07) is 19.2. The first-order valence-electron chi connectivity index (χ1n) is 8.65. The van der Waals surface area contributed by atoms with Crippen LogP contribution in [0.3, 0.4) is 0 Å². The van der Waals surface area contributed by atoms with Crippen LogP contribution in [0.2, 0.25) is 0 Å². The van der Waals surface area contributed by atoms with E-state index in [0.717, 1.165) is 45.1 Å². The summed E-state index contributed by atoms with van der Waals surface area (Å²) in [4.78, 5) is 16.8. The number of nitrogens with zero attached hydrogens (tertiary/aromatic N) is 1. The number of benzene rings is 3. The van der Waals surface area contributed by atoms with E-state index in [1.807, 2.05) is 30.3 Å². The van der Waals surface area contributed by atoms with E-state index in [0.29, 0.717) is 5.69 Å². The van der Waals surface area contributed by atoms with E-state index in [9.17, 15) is 17.6 Å². The number of thiazole rings is 1. The number of aromatic nitrogens is 1. The van der Waals surface area contributed by atoms with Crippen molar-refractivity contribution in [3.8, 4) is 10.6 Å². The van der Waals surface area contributed by atoms with Gasteiger partial charge in [0.2, 0.25) is 5.91 Å².